The van der Waals surface area contributed by atoms with Crippen LogP contribution < -0.4 is 10.6 Å². The molecule has 2 amide bonds. The molecule has 0 unspecified atom stereocenters. The second-order valence-electron chi connectivity index (χ2n) is 8.62. The van der Waals surface area contributed by atoms with Crippen LogP contribution in [0.5, 0.6) is 0 Å². The summed E-state index contributed by atoms with van der Waals surface area (Å²) in [5.74, 6) is -0.972. The number of ether oxygens (including phenoxy) is 2. The number of fused-ring (bicyclic) bond motifs is 1. The summed E-state index contributed by atoms with van der Waals surface area (Å²) in [6.07, 6.45) is -0.372. The zero-order valence-electron chi connectivity index (χ0n) is 18.9. The van der Waals surface area contributed by atoms with Gasteiger partial charge in [0.2, 0.25) is 0 Å². The van der Waals surface area contributed by atoms with Crippen molar-refractivity contribution in [3.63, 3.8) is 0 Å². The van der Waals surface area contributed by atoms with E-state index in [1.807, 2.05) is 32.9 Å². The molecule has 3 rings (SSSR count). The lowest BCUT2D eigenvalue weighted by atomic mass is 10.1. The highest BCUT2D eigenvalue weighted by Gasteiger charge is 2.34. The molecule has 0 radical (unpaired) electrons. The number of esters is 1. The molecule has 2 heterocycles. The van der Waals surface area contributed by atoms with Crippen molar-refractivity contribution in [2.24, 2.45) is 0 Å². The zero-order chi connectivity index (χ0) is 23.5. The first kappa shape index (κ1) is 23.4. The minimum atomic E-state index is -0.595. The van der Waals surface area contributed by atoms with Gasteiger partial charge in [0.25, 0.3) is 5.91 Å². The van der Waals surface area contributed by atoms with Crippen LogP contribution in [0, 0.1) is 0 Å². The smallest absolute Gasteiger partial charge is 0.410 e. The fourth-order valence-corrected chi connectivity index (χ4v) is 3.54. The van der Waals surface area contributed by atoms with Gasteiger partial charge in [0, 0.05) is 31.0 Å². The normalized spacial score (nSPS) is 16.3. The summed E-state index contributed by atoms with van der Waals surface area (Å²) in [6, 6.07) is 5.47. The van der Waals surface area contributed by atoms with Gasteiger partial charge in [-0.2, -0.15) is 0 Å². The number of hydrogen-bond acceptors (Lipinski definition) is 8. The predicted molar refractivity (Wildman–Crippen MR) is 118 cm³/mol. The third-order valence-corrected chi connectivity index (χ3v) is 5.04. The Balaban J connectivity index is 1.80. The van der Waals surface area contributed by atoms with Crippen LogP contribution in [0.4, 0.5) is 16.2 Å². The van der Waals surface area contributed by atoms with Crippen molar-refractivity contribution in [2.45, 2.75) is 32.9 Å². The van der Waals surface area contributed by atoms with Crippen LogP contribution in [0.15, 0.2) is 29.5 Å². The van der Waals surface area contributed by atoms with Crippen molar-refractivity contribution >= 4 is 29.3 Å². The Kier molecular flexibility index (Phi) is 6.93. The van der Waals surface area contributed by atoms with Crippen molar-refractivity contribution < 1.29 is 29.0 Å². The molecule has 0 fully saturated rings. The number of β-amino-alcohol motifs (C(OH)–C–C–N with tert-alkyl or cyclic N) is 1. The van der Waals surface area contributed by atoms with E-state index < -0.39 is 11.6 Å². The van der Waals surface area contributed by atoms with Crippen LogP contribution >= 0.6 is 0 Å². The second-order valence-corrected chi connectivity index (χ2v) is 8.62. The number of carbonyl (C=O) groups is 3. The summed E-state index contributed by atoms with van der Waals surface area (Å²) in [4.78, 5) is 40.4. The van der Waals surface area contributed by atoms with Gasteiger partial charge in [-0.15, -0.1) is 0 Å². The molecule has 1 aromatic carbocycles. The lowest BCUT2D eigenvalue weighted by Crippen LogP contribution is -2.37. The molecular weight excluding hydrogens is 416 g/mol. The summed E-state index contributed by atoms with van der Waals surface area (Å²) >= 11 is 0. The number of carbonyl (C=O) groups excluding carboxylic acids is 3. The van der Waals surface area contributed by atoms with E-state index in [0.717, 1.165) is 11.3 Å². The van der Waals surface area contributed by atoms with E-state index >= 15 is 0 Å². The minimum Gasteiger partial charge on any atom is -0.466 e. The fourth-order valence-electron chi connectivity index (χ4n) is 3.54. The first-order valence-corrected chi connectivity index (χ1v) is 10.5. The number of amides is 2. The first-order chi connectivity index (χ1) is 15.1. The number of hydrogen-bond donors (Lipinski definition) is 3. The van der Waals surface area contributed by atoms with Crippen LogP contribution in [0.1, 0.15) is 26.3 Å². The van der Waals surface area contributed by atoms with E-state index in [2.05, 4.69) is 10.6 Å². The lowest BCUT2D eigenvalue weighted by molar-refractivity contribution is -0.136. The molecule has 0 bridgehead atoms. The monoisotopic (exact) mass is 446 g/mol. The summed E-state index contributed by atoms with van der Waals surface area (Å²) in [5, 5.41) is 15.5. The maximum absolute atomic E-state index is 12.7. The molecule has 0 aliphatic carbocycles. The van der Waals surface area contributed by atoms with E-state index in [4.69, 9.17) is 9.47 Å². The zero-order valence-corrected chi connectivity index (χ0v) is 18.9. The molecular formula is C22H30N4O6. The molecule has 1 aromatic rings. The van der Waals surface area contributed by atoms with E-state index in [1.165, 1.54) is 12.0 Å². The molecule has 10 nitrogen and oxygen atoms in total. The number of aliphatic hydroxyl groups is 1. The number of methoxy groups -OCH3 is 1. The van der Waals surface area contributed by atoms with Gasteiger partial charge >= 0.3 is 12.1 Å². The Morgan fingerprint density at radius 3 is 2.66 bits per heavy atom. The largest absolute Gasteiger partial charge is 0.466 e. The van der Waals surface area contributed by atoms with Gasteiger partial charge in [-0.1, -0.05) is 6.07 Å². The number of aliphatic hydroxyl groups excluding tert-OH is 1. The van der Waals surface area contributed by atoms with E-state index in [-0.39, 0.29) is 43.0 Å². The number of rotatable bonds is 5. The summed E-state index contributed by atoms with van der Waals surface area (Å²) < 4.78 is 10.3. The SMILES string of the molecule is COC(=O)C1=C(Nc2ccc3c(c2)NCCN(C(=O)OC(C)(C)C)C3)C(=O)N(CCO)C1. The van der Waals surface area contributed by atoms with Crippen LogP contribution in [0.2, 0.25) is 0 Å². The molecule has 2 aliphatic heterocycles. The molecule has 3 N–H and O–H groups in total. The van der Waals surface area contributed by atoms with Gasteiger partial charge in [-0.3, -0.25) is 4.79 Å². The van der Waals surface area contributed by atoms with Crippen LogP contribution in [-0.2, 0) is 25.6 Å². The fraction of sp³-hybridized carbons (Fsp3) is 0.500. The Labute approximate surface area is 187 Å². The number of benzene rings is 1. The van der Waals surface area contributed by atoms with Crippen LogP contribution in [0.25, 0.3) is 0 Å². The van der Waals surface area contributed by atoms with E-state index in [1.54, 1.807) is 11.0 Å². The van der Waals surface area contributed by atoms with Gasteiger partial charge in [-0.25, -0.2) is 9.59 Å². The Morgan fingerprint density at radius 1 is 1.25 bits per heavy atom. The Hall–Kier alpha value is -3.27. The third-order valence-electron chi connectivity index (χ3n) is 5.04. The van der Waals surface area contributed by atoms with Crippen molar-refractivity contribution in [3.05, 3.63) is 35.0 Å². The minimum absolute atomic E-state index is 0.0719. The van der Waals surface area contributed by atoms with Crippen molar-refractivity contribution in [3.8, 4) is 0 Å². The lowest BCUT2D eigenvalue weighted by Gasteiger charge is -2.26. The number of nitrogens with one attached hydrogen (secondary N) is 2. The third kappa shape index (κ3) is 5.31. The highest BCUT2D eigenvalue weighted by molar-refractivity contribution is 6.08. The Bertz CT molecular complexity index is 937. The molecule has 0 aromatic heterocycles. The quantitative estimate of drug-likeness (QED) is 0.583. The van der Waals surface area contributed by atoms with E-state index in [9.17, 15) is 19.5 Å². The number of anilines is 2. The Morgan fingerprint density at radius 2 is 2.00 bits per heavy atom. The summed E-state index contributed by atoms with van der Waals surface area (Å²) in [7, 11) is 1.26. The average molecular weight is 447 g/mol. The average Bonchev–Trinajstić information content (AvgIpc) is 2.90. The highest BCUT2D eigenvalue weighted by atomic mass is 16.6. The molecule has 0 saturated carbocycles. The molecule has 0 saturated heterocycles. The summed E-state index contributed by atoms with van der Waals surface area (Å²) in [6.45, 7) is 6.89. The topological polar surface area (TPSA) is 120 Å². The standard InChI is InChI=1S/C22H30N4O6/c1-22(2,3)32-21(30)26-8-7-23-17-11-15(6-5-14(17)12-26)24-18-16(20(29)31-4)13-25(9-10-27)19(18)28/h5-6,11,23-24,27H,7-10,12-13H2,1-4H3. The van der Waals surface area contributed by atoms with Crippen molar-refractivity contribution in [1.82, 2.24) is 9.80 Å². The van der Waals surface area contributed by atoms with Gasteiger partial charge in [0.15, 0.2) is 0 Å². The highest BCUT2D eigenvalue weighted by Crippen LogP contribution is 2.28. The second kappa shape index (κ2) is 9.47. The molecule has 174 valence electrons. The van der Waals surface area contributed by atoms with Crippen molar-refractivity contribution in [1.29, 1.82) is 0 Å². The molecule has 32 heavy (non-hydrogen) atoms. The van der Waals surface area contributed by atoms with Crippen LogP contribution in [0.3, 0.4) is 0 Å². The molecule has 2 aliphatic rings. The van der Waals surface area contributed by atoms with Gasteiger partial charge < -0.3 is 35.0 Å². The number of nitrogens with zero attached hydrogens (tertiary/aromatic N) is 2. The van der Waals surface area contributed by atoms with E-state index in [0.29, 0.717) is 25.3 Å². The van der Waals surface area contributed by atoms with Gasteiger partial charge in [0.05, 0.1) is 32.4 Å². The maximum Gasteiger partial charge on any atom is 0.410 e. The van der Waals surface area contributed by atoms with Gasteiger partial charge in [-0.05, 0) is 38.5 Å². The molecule has 10 heteroatoms. The van der Waals surface area contributed by atoms with Gasteiger partial charge in [0.1, 0.15) is 11.3 Å². The maximum atomic E-state index is 12.7. The first-order valence-electron chi connectivity index (χ1n) is 10.5. The summed E-state index contributed by atoms with van der Waals surface area (Å²) in [5.41, 5.74) is 2.10. The molecule has 0 spiro atoms. The predicted octanol–water partition coefficient (Wildman–Crippen LogP) is 1.52. The van der Waals surface area contributed by atoms with Crippen molar-refractivity contribution in [2.75, 3.05) is 50.5 Å². The molecule has 0 atom stereocenters. The van der Waals surface area contributed by atoms with Crippen LogP contribution in [-0.4, -0.2) is 78.4 Å².